The van der Waals surface area contributed by atoms with Crippen LogP contribution in [0.25, 0.3) is 0 Å². The van der Waals surface area contributed by atoms with Gasteiger partial charge in [0.2, 0.25) is 0 Å². The van der Waals surface area contributed by atoms with Crippen LogP contribution in [0.15, 0.2) is 18.2 Å². The molecule has 0 bridgehead atoms. The molecule has 1 aliphatic carbocycles. The first-order chi connectivity index (χ1) is 10.2. The van der Waals surface area contributed by atoms with Crippen molar-refractivity contribution >= 4 is 17.4 Å². The molecule has 1 saturated carbocycles. The molecule has 2 atom stereocenters. The molecule has 2 heterocycles. The highest BCUT2D eigenvalue weighted by Crippen LogP contribution is 2.47. The summed E-state index contributed by atoms with van der Waals surface area (Å²) in [5.41, 5.74) is 1.75. The minimum atomic E-state index is -0.0447. The lowest BCUT2D eigenvalue weighted by Gasteiger charge is -2.07. The Morgan fingerprint density at radius 2 is 2.29 bits per heavy atom. The van der Waals surface area contributed by atoms with Gasteiger partial charge in [0.05, 0.1) is 0 Å². The second kappa shape index (κ2) is 4.89. The molecular weight excluding hydrogens is 290 g/mol. The number of rotatable bonds is 5. The highest BCUT2D eigenvalue weighted by molar-refractivity contribution is 6.31. The smallest absolute Gasteiger partial charge is 0.178 e. The predicted molar refractivity (Wildman–Crippen MR) is 76.1 cm³/mol. The van der Waals surface area contributed by atoms with Gasteiger partial charge in [0.1, 0.15) is 0 Å². The van der Waals surface area contributed by atoms with Gasteiger partial charge in [-0.25, -0.2) is 0 Å². The van der Waals surface area contributed by atoms with Gasteiger partial charge in [-0.1, -0.05) is 28.9 Å². The largest absolute Gasteiger partial charge is 0.296 e. The second-order valence-electron chi connectivity index (χ2n) is 5.67. The lowest BCUT2D eigenvalue weighted by molar-refractivity contribution is 0.0965. The van der Waals surface area contributed by atoms with E-state index >= 15 is 0 Å². The van der Waals surface area contributed by atoms with E-state index in [0.717, 1.165) is 31.6 Å². The fourth-order valence-corrected chi connectivity index (χ4v) is 2.85. The van der Waals surface area contributed by atoms with E-state index in [4.69, 9.17) is 11.6 Å². The number of nitrogens with one attached hydrogen (secondary N) is 1. The Bertz CT molecular complexity index is 683. The standard InChI is InChI=1S/C14H14ClN5O/c15-12-5-8(1-2-9(12)7-20-3-4-20)13(21)10-6-11(10)14-16-18-19-17-14/h1-2,5,10-11H,3-4,6-7H2,(H,16,17,18,19). The fraction of sp³-hybridized carbons (Fsp3) is 0.429. The molecule has 21 heavy (non-hydrogen) atoms. The predicted octanol–water partition coefficient (Wildman–Crippen LogP) is 1.66. The molecule has 6 nitrogen and oxygen atoms in total. The molecule has 2 aliphatic rings. The zero-order valence-corrected chi connectivity index (χ0v) is 12.0. The number of carbonyl (C=O) groups excluding carboxylic acids is 1. The number of aromatic amines is 1. The van der Waals surface area contributed by atoms with Crippen LogP contribution in [0.4, 0.5) is 0 Å². The average Bonchev–Trinajstić information content (AvgIpc) is 3.41. The third kappa shape index (κ3) is 2.56. The summed E-state index contributed by atoms with van der Waals surface area (Å²) in [7, 11) is 0. The molecular formula is C14H14ClN5O. The molecule has 1 aromatic carbocycles. The van der Waals surface area contributed by atoms with Crippen molar-refractivity contribution in [2.45, 2.75) is 18.9 Å². The summed E-state index contributed by atoms with van der Waals surface area (Å²) in [5, 5.41) is 14.5. The molecule has 2 unspecified atom stereocenters. The quantitative estimate of drug-likeness (QED) is 0.671. The Hall–Kier alpha value is -1.79. The van der Waals surface area contributed by atoms with E-state index in [9.17, 15) is 4.79 Å². The van der Waals surface area contributed by atoms with E-state index in [0.29, 0.717) is 16.4 Å². The Balaban J connectivity index is 1.48. The van der Waals surface area contributed by atoms with Gasteiger partial charge < -0.3 is 0 Å². The maximum atomic E-state index is 12.5. The van der Waals surface area contributed by atoms with Crippen molar-refractivity contribution in [3.05, 3.63) is 40.2 Å². The van der Waals surface area contributed by atoms with Crippen molar-refractivity contribution in [3.63, 3.8) is 0 Å². The minimum Gasteiger partial charge on any atom is -0.296 e. The van der Waals surface area contributed by atoms with E-state index < -0.39 is 0 Å². The maximum Gasteiger partial charge on any atom is 0.178 e. The monoisotopic (exact) mass is 303 g/mol. The van der Waals surface area contributed by atoms with E-state index in [1.165, 1.54) is 0 Å². The number of H-pyrrole nitrogens is 1. The van der Waals surface area contributed by atoms with Crippen molar-refractivity contribution < 1.29 is 4.79 Å². The van der Waals surface area contributed by atoms with Crippen LogP contribution in [0, 0.1) is 5.92 Å². The van der Waals surface area contributed by atoms with Gasteiger partial charge >= 0.3 is 0 Å². The van der Waals surface area contributed by atoms with E-state index in [1.54, 1.807) is 6.07 Å². The van der Waals surface area contributed by atoms with Crippen LogP contribution >= 0.6 is 11.6 Å². The molecule has 2 aromatic rings. The first-order valence-corrected chi connectivity index (χ1v) is 7.38. The fourth-order valence-electron chi connectivity index (χ4n) is 2.61. The average molecular weight is 304 g/mol. The van der Waals surface area contributed by atoms with Gasteiger partial charge in [-0.3, -0.25) is 9.69 Å². The molecule has 2 fully saturated rings. The van der Waals surface area contributed by atoms with E-state index in [2.05, 4.69) is 25.5 Å². The highest BCUT2D eigenvalue weighted by atomic mass is 35.5. The molecule has 0 spiro atoms. The van der Waals surface area contributed by atoms with Gasteiger partial charge in [0, 0.05) is 42.1 Å². The van der Waals surface area contributed by atoms with Gasteiger partial charge in [-0.15, -0.1) is 10.2 Å². The zero-order chi connectivity index (χ0) is 14.4. The van der Waals surface area contributed by atoms with Gasteiger partial charge in [-0.2, -0.15) is 5.21 Å². The van der Waals surface area contributed by atoms with Crippen molar-refractivity contribution in [1.82, 2.24) is 25.5 Å². The number of hydrogen-bond donors (Lipinski definition) is 1. The molecule has 1 aliphatic heterocycles. The molecule has 4 rings (SSSR count). The summed E-state index contributed by atoms with van der Waals surface area (Å²) in [4.78, 5) is 14.7. The second-order valence-corrected chi connectivity index (χ2v) is 6.07. The Morgan fingerprint density at radius 1 is 1.43 bits per heavy atom. The number of halogens is 1. The third-order valence-corrected chi connectivity index (χ3v) is 4.44. The number of tetrazole rings is 1. The molecule has 1 N–H and O–H groups in total. The van der Waals surface area contributed by atoms with Crippen LogP contribution in [0.1, 0.15) is 34.1 Å². The SMILES string of the molecule is O=C(c1ccc(CN2CC2)c(Cl)c1)C1CC1c1nn[nH]n1. The lowest BCUT2D eigenvalue weighted by atomic mass is 10.0. The summed E-state index contributed by atoms with van der Waals surface area (Å²) < 4.78 is 0. The Morgan fingerprint density at radius 3 is 2.95 bits per heavy atom. The van der Waals surface area contributed by atoms with Crippen LogP contribution in [-0.4, -0.2) is 44.4 Å². The summed E-state index contributed by atoms with van der Waals surface area (Å²) in [5.74, 6) is 0.784. The molecule has 108 valence electrons. The number of carbonyl (C=O) groups is 1. The van der Waals surface area contributed by atoms with Gasteiger partial charge in [0.15, 0.2) is 11.6 Å². The van der Waals surface area contributed by atoms with Crippen LogP contribution in [0.2, 0.25) is 5.02 Å². The topological polar surface area (TPSA) is 74.5 Å². The van der Waals surface area contributed by atoms with E-state index in [1.807, 2.05) is 12.1 Å². The lowest BCUT2D eigenvalue weighted by Crippen LogP contribution is -2.05. The summed E-state index contributed by atoms with van der Waals surface area (Å²) in [6.45, 7) is 3.12. The third-order valence-electron chi connectivity index (χ3n) is 4.09. The minimum absolute atomic E-state index is 0.0447. The van der Waals surface area contributed by atoms with Crippen molar-refractivity contribution in [1.29, 1.82) is 0 Å². The summed E-state index contributed by atoms with van der Waals surface area (Å²) >= 11 is 6.29. The number of nitrogens with zero attached hydrogens (tertiary/aromatic N) is 4. The van der Waals surface area contributed by atoms with Gasteiger partial charge in [0.25, 0.3) is 0 Å². The highest BCUT2D eigenvalue weighted by Gasteiger charge is 2.46. The zero-order valence-electron chi connectivity index (χ0n) is 11.3. The molecule has 1 aromatic heterocycles. The van der Waals surface area contributed by atoms with Gasteiger partial charge in [-0.05, 0) is 18.1 Å². The van der Waals surface area contributed by atoms with Crippen LogP contribution < -0.4 is 0 Å². The number of Topliss-reactive ketones (excluding diaryl/α,β-unsaturated/α-hetero) is 1. The Labute approximate surface area is 126 Å². The number of benzene rings is 1. The maximum absolute atomic E-state index is 12.5. The number of hydrogen-bond acceptors (Lipinski definition) is 5. The van der Waals surface area contributed by atoms with Crippen LogP contribution in [0.5, 0.6) is 0 Å². The van der Waals surface area contributed by atoms with E-state index in [-0.39, 0.29) is 17.6 Å². The Kier molecular flexibility index (Phi) is 3.01. The van der Waals surface area contributed by atoms with Crippen molar-refractivity contribution in [2.24, 2.45) is 5.92 Å². The number of ketones is 1. The molecule has 0 amide bonds. The van der Waals surface area contributed by atoms with Crippen molar-refractivity contribution in [2.75, 3.05) is 13.1 Å². The molecule has 7 heteroatoms. The van der Waals surface area contributed by atoms with Crippen LogP contribution in [0.3, 0.4) is 0 Å². The normalized spacial score (nSPS) is 24.0. The molecule has 0 radical (unpaired) electrons. The first-order valence-electron chi connectivity index (χ1n) is 7.00. The summed E-state index contributed by atoms with van der Waals surface area (Å²) in [6, 6.07) is 5.62. The number of aromatic nitrogens is 4. The summed E-state index contributed by atoms with van der Waals surface area (Å²) in [6.07, 6.45) is 0.783. The van der Waals surface area contributed by atoms with Crippen LogP contribution in [-0.2, 0) is 6.54 Å². The van der Waals surface area contributed by atoms with Crippen molar-refractivity contribution in [3.8, 4) is 0 Å². The molecule has 1 saturated heterocycles. The first kappa shape index (κ1) is 12.9.